The second-order valence-electron chi connectivity index (χ2n) is 4.25. The molecular weight excluding hydrogens is 238 g/mol. The van der Waals surface area contributed by atoms with Crippen molar-refractivity contribution in [3.63, 3.8) is 0 Å². The Labute approximate surface area is 105 Å². The number of carbonyl (C=O) groups is 1. The summed E-state index contributed by atoms with van der Waals surface area (Å²) in [7, 11) is 0. The average molecular weight is 255 g/mol. The van der Waals surface area contributed by atoms with E-state index < -0.39 is 0 Å². The summed E-state index contributed by atoms with van der Waals surface area (Å²) in [6.45, 7) is 3.61. The fraction of sp³-hybridized carbons (Fsp3) is 0.636. The van der Waals surface area contributed by atoms with Crippen molar-refractivity contribution < 1.29 is 19.2 Å². The molecule has 0 radical (unpaired) electrons. The highest BCUT2D eigenvalue weighted by Crippen LogP contribution is 2.09. The van der Waals surface area contributed by atoms with Gasteiger partial charge in [0, 0.05) is 12.6 Å². The van der Waals surface area contributed by atoms with Gasteiger partial charge < -0.3 is 19.7 Å². The quantitative estimate of drug-likeness (QED) is 0.762. The summed E-state index contributed by atoms with van der Waals surface area (Å²) in [4.78, 5) is 13.7. The van der Waals surface area contributed by atoms with E-state index >= 15 is 0 Å². The minimum absolute atomic E-state index is 0.0175. The topological polar surface area (TPSA) is 87.8 Å². The summed E-state index contributed by atoms with van der Waals surface area (Å²) >= 11 is 0. The number of ether oxygens (including phenoxy) is 1. The van der Waals surface area contributed by atoms with E-state index in [0.29, 0.717) is 31.3 Å². The molecule has 1 aliphatic rings. The number of hydrogen-bond acceptors (Lipinski definition) is 6. The van der Waals surface area contributed by atoms with Crippen molar-refractivity contribution in [2.24, 2.45) is 0 Å². The van der Waals surface area contributed by atoms with Gasteiger partial charge in [0.1, 0.15) is 5.76 Å². The zero-order chi connectivity index (χ0) is 13.0. The smallest absolute Gasteiger partial charge is 0.239 e. The summed E-state index contributed by atoms with van der Waals surface area (Å²) in [6, 6.07) is 1.53. The molecule has 1 amide bonds. The highest BCUT2D eigenvalue weighted by Gasteiger charge is 2.24. The third-order valence-electron chi connectivity index (χ3n) is 2.80. The first-order chi connectivity index (χ1) is 8.69. The first-order valence-corrected chi connectivity index (χ1v) is 5.85. The zero-order valence-electron chi connectivity index (χ0n) is 10.3. The van der Waals surface area contributed by atoms with E-state index in [2.05, 4.69) is 10.5 Å². The van der Waals surface area contributed by atoms with Gasteiger partial charge in [0.05, 0.1) is 32.4 Å². The molecule has 1 saturated heterocycles. The predicted octanol–water partition coefficient (Wildman–Crippen LogP) is -0.385. The molecule has 2 N–H and O–H groups in total. The minimum atomic E-state index is -0.177. The lowest BCUT2D eigenvalue weighted by molar-refractivity contribution is -0.120. The van der Waals surface area contributed by atoms with Crippen LogP contribution in [0.3, 0.4) is 0 Å². The van der Waals surface area contributed by atoms with Crippen LogP contribution in [-0.4, -0.2) is 60.0 Å². The number of nitrogens with zero attached hydrogens (tertiary/aromatic N) is 2. The molecule has 100 valence electrons. The first kappa shape index (κ1) is 13.0. The SMILES string of the molecule is Cc1cc(NC(=O)CN2CCOCC2CO)no1. The summed E-state index contributed by atoms with van der Waals surface area (Å²) in [6.07, 6.45) is 0. The Hall–Kier alpha value is -1.44. The molecule has 0 aliphatic carbocycles. The lowest BCUT2D eigenvalue weighted by Gasteiger charge is -2.33. The Bertz CT molecular complexity index is 407. The normalized spacial score (nSPS) is 20.9. The van der Waals surface area contributed by atoms with Crippen molar-refractivity contribution in [2.75, 3.05) is 38.2 Å². The van der Waals surface area contributed by atoms with Crippen LogP contribution < -0.4 is 5.32 Å². The molecule has 1 aliphatic heterocycles. The summed E-state index contributed by atoms with van der Waals surface area (Å²) in [5.74, 6) is 0.875. The molecule has 0 spiro atoms. The molecule has 1 unspecified atom stereocenters. The minimum Gasteiger partial charge on any atom is -0.395 e. The van der Waals surface area contributed by atoms with Crippen molar-refractivity contribution >= 4 is 11.7 Å². The molecule has 0 bridgehead atoms. The number of morpholine rings is 1. The van der Waals surface area contributed by atoms with Crippen LogP contribution in [0, 0.1) is 6.92 Å². The van der Waals surface area contributed by atoms with Gasteiger partial charge in [-0.3, -0.25) is 9.69 Å². The predicted molar refractivity (Wildman–Crippen MR) is 63.1 cm³/mol. The molecule has 2 rings (SSSR count). The second kappa shape index (κ2) is 5.94. The Morgan fingerprint density at radius 3 is 3.22 bits per heavy atom. The van der Waals surface area contributed by atoms with E-state index in [1.165, 1.54) is 0 Å². The van der Waals surface area contributed by atoms with Crippen LogP contribution in [-0.2, 0) is 9.53 Å². The third kappa shape index (κ3) is 3.28. The summed E-state index contributed by atoms with van der Waals surface area (Å²) in [5.41, 5.74) is 0. The number of carbonyl (C=O) groups excluding carboxylic acids is 1. The maximum Gasteiger partial charge on any atom is 0.239 e. The van der Waals surface area contributed by atoms with Crippen LogP contribution >= 0.6 is 0 Å². The largest absolute Gasteiger partial charge is 0.395 e. The zero-order valence-corrected chi connectivity index (χ0v) is 10.3. The molecule has 18 heavy (non-hydrogen) atoms. The molecular formula is C11H17N3O4. The van der Waals surface area contributed by atoms with E-state index in [0.717, 1.165) is 0 Å². The molecule has 1 aromatic rings. The molecule has 7 nitrogen and oxygen atoms in total. The number of aryl methyl sites for hydroxylation is 1. The fourth-order valence-electron chi connectivity index (χ4n) is 1.86. The first-order valence-electron chi connectivity index (χ1n) is 5.85. The number of aliphatic hydroxyl groups is 1. The van der Waals surface area contributed by atoms with Crippen LogP contribution in [0.5, 0.6) is 0 Å². The van der Waals surface area contributed by atoms with Gasteiger partial charge in [0.25, 0.3) is 0 Å². The van der Waals surface area contributed by atoms with Crippen LogP contribution in [0.15, 0.2) is 10.6 Å². The standard InChI is InChI=1S/C11H17N3O4/c1-8-4-10(13-18-8)12-11(16)5-14-2-3-17-7-9(14)6-15/h4,9,15H,2-3,5-7H2,1H3,(H,12,13,16). The van der Waals surface area contributed by atoms with E-state index in [4.69, 9.17) is 9.26 Å². The van der Waals surface area contributed by atoms with Crippen molar-refractivity contribution in [2.45, 2.75) is 13.0 Å². The average Bonchev–Trinajstić information content (AvgIpc) is 2.75. The van der Waals surface area contributed by atoms with Crippen LogP contribution in [0.4, 0.5) is 5.82 Å². The van der Waals surface area contributed by atoms with Crippen LogP contribution in [0.25, 0.3) is 0 Å². The Balaban J connectivity index is 1.86. The van der Waals surface area contributed by atoms with Crippen molar-refractivity contribution in [3.05, 3.63) is 11.8 Å². The lowest BCUT2D eigenvalue weighted by Crippen LogP contribution is -2.50. The Morgan fingerprint density at radius 2 is 2.56 bits per heavy atom. The summed E-state index contributed by atoms with van der Waals surface area (Å²) < 4.78 is 10.1. The monoisotopic (exact) mass is 255 g/mol. The number of hydrogen-bond donors (Lipinski definition) is 2. The molecule has 2 heterocycles. The van der Waals surface area contributed by atoms with Gasteiger partial charge >= 0.3 is 0 Å². The third-order valence-corrected chi connectivity index (χ3v) is 2.80. The Morgan fingerprint density at radius 1 is 1.72 bits per heavy atom. The van der Waals surface area contributed by atoms with Crippen molar-refractivity contribution in [1.29, 1.82) is 0 Å². The molecule has 1 fully saturated rings. The molecule has 1 aromatic heterocycles. The Kier molecular flexibility index (Phi) is 4.29. The number of aromatic nitrogens is 1. The maximum absolute atomic E-state index is 11.8. The van der Waals surface area contributed by atoms with E-state index in [9.17, 15) is 9.90 Å². The highest BCUT2D eigenvalue weighted by atomic mass is 16.5. The number of amides is 1. The molecule has 1 atom stereocenters. The van der Waals surface area contributed by atoms with Crippen molar-refractivity contribution in [1.82, 2.24) is 10.1 Å². The number of aliphatic hydroxyl groups excluding tert-OH is 1. The van der Waals surface area contributed by atoms with E-state index in [1.807, 2.05) is 4.90 Å². The number of anilines is 1. The number of nitrogens with one attached hydrogen (secondary N) is 1. The van der Waals surface area contributed by atoms with Crippen molar-refractivity contribution in [3.8, 4) is 0 Å². The van der Waals surface area contributed by atoms with Crippen LogP contribution in [0.1, 0.15) is 5.76 Å². The lowest BCUT2D eigenvalue weighted by atomic mass is 10.2. The van der Waals surface area contributed by atoms with E-state index in [1.54, 1.807) is 13.0 Å². The fourth-order valence-corrected chi connectivity index (χ4v) is 1.86. The molecule has 0 aromatic carbocycles. The van der Waals surface area contributed by atoms with Gasteiger partial charge in [-0.1, -0.05) is 5.16 Å². The maximum atomic E-state index is 11.8. The van der Waals surface area contributed by atoms with Gasteiger partial charge in [-0.2, -0.15) is 0 Å². The molecule has 0 saturated carbocycles. The van der Waals surface area contributed by atoms with Gasteiger partial charge in [0.15, 0.2) is 5.82 Å². The van der Waals surface area contributed by atoms with Gasteiger partial charge in [-0.15, -0.1) is 0 Å². The van der Waals surface area contributed by atoms with Gasteiger partial charge in [-0.05, 0) is 6.92 Å². The highest BCUT2D eigenvalue weighted by molar-refractivity contribution is 5.91. The van der Waals surface area contributed by atoms with E-state index in [-0.39, 0.29) is 25.1 Å². The second-order valence-corrected chi connectivity index (χ2v) is 4.25. The molecule has 7 heteroatoms. The van der Waals surface area contributed by atoms with Gasteiger partial charge in [0.2, 0.25) is 5.91 Å². The summed E-state index contributed by atoms with van der Waals surface area (Å²) in [5, 5.41) is 15.5. The number of rotatable bonds is 4. The van der Waals surface area contributed by atoms with Crippen LogP contribution in [0.2, 0.25) is 0 Å². The van der Waals surface area contributed by atoms with Gasteiger partial charge in [-0.25, -0.2) is 0 Å².